The van der Waals surface area contributed by atoms with E-state index in [1.165, 1.54) is 12.8 Å². The molecule has 1 fully saturated rings. The average Bonchev–Trinajstić information content (AvgIpc) is 3.02. The van der Waals surface area contributed by atoms with E-state index >= 15 is 0 Å². The zero-order valence-electron chi connectivity index (χ0n) is 11.6. The van der Waals surface area contributed by atoms with Gasteiger partial charge in [0.15, 0.2) is 0 Å². The molecule has 1 aromatic rings. The number of nitrogens with one attached hydrogen (secondary N) is 1. The van der Waals surface area contributed by atoms with Gasteiger partial charge in [-0.1, -0.05) is 0 Å². The number of urea groups is 1. The first-order chi connectivity index (χ1) is 8.47. The fourth-order valence-electron chi connectivity index (χ4n) is 2.22. The number of nitrogens with zero attached hydrogens (tertiary/aromatic N) is 1. The summed E-state index contributed by atoms with van der Waals surface area (Å²) in [4.78, 5) is 13.8. The van der Waals surface area contributed by atoms with Crippen LogP contribution in [0.15, 0.2) is 10.5 Å². The van der Waals surface area contributed by atoms with Crippen LogP contribution in [0.4, 0.5) is 4.79 Å². The van der Waals surface area contributed by atoms with Crippen LogP contribution in [0, 0.1) is 19.8 Å². The van der Waals surface area contributed by atoms with E-state index in [9.17, 15) is 4.79 Å². The normalized spacial score (nSPS) is 16.4. The summed E-state index contributed by atoms with van der Waals surface area (Å²) >= 11 is 0. The second kappa shape index (κ2) is 5.04. The summed E-state index contributed by atoms with van der Waals surface area (Å²) in [6, 6.07) is 1.96. The van der Waals surface area contributed by atoms with Gasteiger partial charge >= 0.3 is 6.03 Å². The Kier molecular flexibility index (Phi) is 3.64. The summed E-state index contributed by atoms with van der Waals surface area (Å²) in [5, 5.41) is 3.01. The highest BCUT2D eigenvalue weighted by Crippen LogP contribution is 2.29. The van der Waals surface area contributed by atoms with E-state index in [-0.39, 0.29) is 12.1 Å². The molecule has 4 heteroatoms. The number of aryl methyl sites for hydroxylation is 2. The van der Waals surface area contributed by atoms with Crippen molar-refractivity contribution in [3.05, 3.63) is 23.2 Å². The summed E-state index contributed by atoms with van der Waals surface area (Å²) < 4.78 is 5.49. The third-order valence-electron chi connectivity index (χ3n) is 3.46. The average molecular weight is 250 g/mol. The lowest BCUT2D eigenvalue weighted by Gasteiger charge is -2.21. The molecular weight excluding hydrogens is 228 g/mol. The maximum Gasteiger partial charge on any atom is 0.317 e. The molecule has 0 spiro atoms. The molecule has 100 valence electrons. The smallest absolute Gasteiger partial charge is 0.317 e. The number of carbonyl (C=O) groups excluding carboxylic acids is 1. The number of hydrogen-bond acceptors (Lipinski definition) is 2. The van der Waals surface area contributed by atoms with Gasteiger partial charge < -0.3 is 14.6 Å². The van der Waals surface area contributed by atoms with E-state index in [2.05, 4.69) is 5.32 Å². The minimum Gasteiger partial charge on any atom is -0.466 e. The molecule has 2 rings (SSSR count). The van der Waals surface area contributed by atoms with Crippen molar-refractivity contribution in [2.75, 3.05) is 13.6 Å². The summed E-state index contributed by atoms with van der Waals surface area (Å²) in [6.07, 6.45) is 2.51. The third kappa shape index (κ3) is 3.06. The third-order valence-corrected chi connectivity index (χ3v) is 3.46. The fraction of sp³-hybridized carbons (Fsp3) is 0.643. The molecule has 0 unspecified atom stereocenters. The minimum absolute atomic E-state index is 0.00680. The highest BCUT2D eigenvalue weighted by Gasteiger charge is 2.25. The van der Waals surface area contributed by atoms with Crippen LogP contribution in [-0.4, -0.2) is 24.5 Å². The van der Waals surface area contributed by atoms with Crippen molar-refractivity contribution >= 4 is 6.03 Å². The van der Waals surface area contributed by atoms with Gasteiger partial charge in [0.1, 0.15) is 11.5 Å². The maximum absolute atomic E-state index is 12.0. The number of amides is 2. The summed E-state index contributed by atoms with van der Waals surface area (Å²) in [6.45, 7) is 6.70. The second-order valence-electron chi connectivity index (χ2n) is 5.36. The maximum atomic E-state index is 12.0. The summed E-state index contributed by atoms with van der Waals surface area (Å²) in [5.74, 6) is 2.48. The van der Waals surface area contributed by atoms with Crippen molar-refractivity contribution in [2.24, 2.45) is 5.92 Å². The molecule has 0 aromatic carbocycles. The molecule has 1 aliphatic rings. The van der Waals surface area contributed by atoms with Gasteiger partial charge in [0.25, 0.3) is 0 Å². The molecule has 0 radical (unpaired) electrons. The van der Waals surface area contributed by atoms with Crippen LogP contribution < -0.4 is 5.32 Å². The van der Waals surface area contributed by atoms with Crippen molar-refractivity contribution < 1.29 is 9.21 Å². The van der Waals surface area contributed by atoms with E-state index in [4.69, 9.17) is 4.42 Å². The van der Waals surface area contributed by atoms with E-state index in [0.717, 1.165) is 23.6 Å². The van der Waals surface area contributed by atoms with Crippen LogP contribution in [0.1, 0.15) is 42.9 Å². The van der Waals surface area contributed by atoms with Gasteiger partial charge in [-0.3, -0.25) is 0 Å². The lowest BCUT2D eigenvalue weighted by molar-refractivity contribution is 0.203. The topological polar surface area (TPSA) is 45.5 Å². The first-order valence-electron chi connectivity index (χ1n) is 6.56. The van der Waals surface area contributed by atoms with Crippen LogP contribution in [0.25, 0.3) is 0 Å². The highest BCUT2D eigenvalue weighted by molar-refractivity contribution is 5.74. The molecule has 1 aliphatic carbocycles. The van der Waals surface area contributed by atoms with Gasteiger partial charge in [-0.05, 0) is 45.6 Å². The molecule has 1 aromatic heterocycles. The highest BCUT2D eigenvalue weighted by atomic mass is 16.3. The van der Waals surface area contributed by atoms with Crippen LogP contribution in [-0.2, 0) is 0 Å². The minimum atomic E-state index is -0.0170. The standard InChI is InChI=1S/C14H22N2O2/c1-9-7-13(11(3)18-9)10(2)15-14(17)16(4)8-12-5-6-12/h7,10,12H,5-6,8H2,1-4H3,(H,15,17)/t10-/m0/s1. The van der Waals surface area contributed by atoms with Crippen LogP contribution in [0.2, 0.25) is 0 Å². The van der Waals surface area contributed by atoms with Crippen LogP contribution in [0.3, 0.4) is 0 Å². The molecule has 1 heterocycles. The van der Waals surface area contributed by atoms with E-state index in [0.29, 0.717) is 5.92 Å². The molecule has 2 amide bonds. The Hall–Kier alpha value is -1.45. The lowest BCUT2D eigenvalue weighted by atomic mass is 10.1. The quantitative estimate of drug-likeness (QED) is 0.892. The zero-order chi connectivity index (χ0) is 13.3. The Bertz CT molecular complexity index is 435. The van der Waals surface area contributed by atoms with Gasteiger partial charge in [-0.25, -0.2) is 4.79 Å². The molecule has 0 bridgehead atoms. The van der Waals surface area contributed by atoms with E-state index in [1.54, 1.807) is 4.90 Å². The van der Waals surface area contributed by atoms with Gasteiger partial charge in [0.05, 0.1) is 6.04 Å². The van der Waals surface area contributed by atoms with Crippen LogP contribution >= 0.6 is 0 Å². The number of hydrogen-bond donors (Lipinski definition) is 1. The predicted molar refractivity (Wildman–Crippen MR) is 70.5 cm³/mol. The first-order valence-corrected chi connectivity index (χ1v) is 6.56. The molecule has 4 nitrogen and oxygen atoms in total. The molecule has 1 atom stereocenters. The van der Waals surface area contributed by atoms with Gasteiger partial charge in [-0.15, -0.1) is 0 Å². The largest absolute Gasteiger partial charge is 0.466 e. The predicted octanol–water partition coefficient (Wildman–Crippen LogP) is 3.01. The molecule has 0 aliphatic heterocycles. The SMILES string of the molecule is Cc1cc([C@H](C)NC(=O)N(C)CC2CC2)c(C)o1. The fourth-order valence-corrected chi connectivity index (χ4v) is 2.22. The Morgan fingerprint density at radius 2 is 2.22 bits per heavy atom. The number of furan rings is 1. The molecule has 0 saturated heterocycles. The summed E-state index contributed by atoms with van der Waals surface area (Å²) in [7, 11) is 1.86. The van der Waals surface area contributed by atoms with Crippen molar-refractivity contribution in [1.29, 1.82) is 0 Å². The number of rotatable bonds is 4. The Balaban J connectivity index is 1.91. The van der Waals surface area contributed by atoms with Crippen molar-refractivity contribution in [3.8, 4) is 0 Å². The Morgan fingerprint density at radius 1 is 1.56 bits per heavy atom. The zero-order valence-corrected chi connectivity index (χ0v) is 11.6. The Labute approximate surface area is 108 Å². The number of carbonyl (C=O) groups is 1. The lowest BCUT2D eigenvalue weighted by Crippen LogP contribution is -2.39. The van der Waals surface area contributed by atoms with Crippen LogP contribution in [0.5, 0.6) is 0 Å². The molecule has 18 heavy (non-hydrogen) atoms. The summed E-state index contributed by atoms with van der Waals surface area (Å²) in [5.41, 5.74) is 1.06. The van der Waals surface area contributed by atoms with E-state index < -0.39 is 0 Å². The van der Waals surface area contributed by atoms with Crippen molar-refractivity contribution in [3.63, 3.8) is 0 Å². The molecule has 1 saturated carbocycles. The van der Waals surface area contributed by atoms with E-state index in [1.807, 2.05) is 33.9 Å². The second-order valence-corrected chi connectivity index (χ2v) is 5.36. The monoisotopic (exact) mass is 250 g/mol. The van der Waals surface area contributed by atoms with Gasteiger partial charge in [0.2, 0.25) is 0 Å². The van der Waals surface area contributed by atoms with Gasteiger partial charge in [-0.2, -0.15) is 0 Å². The molecular formula is C14H22N2O2. The van der Waals surface area contributed by atoms with Crippen molar-refractivity contribution in [2.45, 2.75) is 39.7 Å². The van der Waals surface area contributed by atoms with Crippen molar-refractivity contribution in [1.82, 2.24) is 10.2 Å². The molecule has 1 N–H and O–H groups in total. The Morgan fingerprint density at radius 3 is 2.72 bits per heavy atom. The van der Waals surface area contributed by atoms with Gasteiger partial charge in [0, 0.05) is 19.2 Å². The first kappa shape index (κ1) is 13.0.